The van der Waals surface area contributed by atoms with Gasteiger partial charge in [-0.15, -0.1) is 11.3 Å². The predicted molar refractivity (Wildman–Crippen MR) is 126 cm³/mol. The van der Waals surface area contributed by atoms with E-state index >= 15 is 0 Å². The minimum Gasteiger partial charge on any atom is -0.494 e. The minimum atomic E-state index is -0.352. The monoisotopic (exact) mass is 451 g/mol. The van der Waals surface area contributed by atoms with E-state index in [1.54, 1.807) is 18.4 Å². The third kappa shape index (κ3) is 5.22. The molecule has 2 aromatic carbocycles. The summed E-state index contributed by atoms with van der Waals surface area (Å²) in [5.41, 5.74) is 1.41. The van der Waals surface area contributed by atoms with Gasteiger partial charge in [0.1, 0.15) is 11.6 Å². The predicted octanol–water partition coefficient (Wildman–Crippen LogP) is 5.98. The van der Waals surface area contributed by atoms with Crippen molar-refractivity contribution in [3.8, 4) is 5.75 Å². The molecule has 0 aliphatic carbocycles. The van der Waals surface area contributed by atoms with Crippen molar-refractivity contribution in [3.63, 3.8) is 0 Å². The number of hydrogen-bond donors (Lipinski definition) is 0. The van der Waals surface area contributed by atoms with Gasteiger partial charge >= 0.3 is 0 Å². The largest absolute Gasteiger partial charge is 0.494 e. The Bertz CT molecular complexity index is 1230. The van der Waals surface area contributed by atoms with E-state index in [1.165, 1.54) is 45.9 Å². The summed E-state index contributed by atoms with van der Waals surface area (Å²) in [5.74, 6) is 0.0610. The first kappa shape index (κ1) is 20.9. The van der Waals surface area contributed by atoms with Crippen molar-refractivity contribution in [2.45, 2.75) is 6.92 Å². The third-order valence-corrected chi connectivity index (χ3v) is 6.01. The number of ether oxygens (including phenoxy) is 1. The molecule has 2 aromatic heterocycles. The molecule has 0 aliphatic rings. The van der Waals surface area contributed by atoms with Crippen LogP contribution in [0.2, 0.25) is 0 Å². The first-order chi connectivity index (χ1) is 15.1. The van der Waals surface area contributed by atoms with Crippen LogP contribution in [0.4, 0.5) is 9.52 Å². The molecule has 8 heteroatoms. The number of hydrogen-bond acceptors (Lipinski definition) is 6. The molecule has 0 fully saturated rings. The van der Waals surface area contributed by atoms with Crippen LogP contribution in [0.1, 0.15) is 17.4 Å². The summed E-state index contributed by atoms with van der Waals surface area (Å²) in [4.78, 5) is 18.4. The van der Waals surface area contributed by atoms with Crippen molar-refractivity contribution >= 4 is 56.2 Å². The van der Waals surface area contributed by atoms with Gasteiger partial charge in [-0.1, -0.05) is 17.4 Å². The van der Waals surface area contributed by atoms with Crippen molar-refractivity contribution in [1.82, 2.24) is 4.98 Å². The van der Waals surface area contributed by atoms with Crippen LogP contribution in [0.3, 0.4) is 0 Å². The molecule has 0 unspecified atom stereocenters. The van der Waals surface area contributed by atoms with Gasteiger partial charge in [0.2, 0.25) is 5.13 Å². The molecule has 0 radical (unpaired) electrons. The number of amides is 1. The molecule has 4 aromatic rings. The van der Waals surface area contributed by atoms with Gasteiger partial charge in [0, 0.05) is 11.0 Å². The number of aromatic nitrogens is 1. The van der Waals surface area contributed by atoms with Gasteiger partial charge in [-0.3, -0.25) is 4.79 Å². The maximum absolute atomic E-state index is 13.6. The van der Waals surface area contributed by atoms with E-state index in [2.05, 4.69) is 10.1 Å². The van der Waals surface area contributed by atoms with Crippen molar-refractivity contribution in [3.05, 3.63) is 82.3 Å². The highest BCUT2D eigenvalue weighted by Crippen LogP contribution is 2.30. The second kappa shape index (κ2) is 9.63. The average molecular weight is 452 g/mol. The molecule has 156 valence electrons. The number of rotatable bonds is 7. The van der Waals surface area contributed by atoms with E-state index in [4.69, 9.17) is 4.74 Å². The van der Waals surface area contributed by atoms with Crippen molar-refractivity contribution < 1.29 is 13.9 Å². The molecule has 0 atom stereocenters. The molecular formula is C23H18FN3O2S2. The molecule has 0 saturated heterocycles. The molecule has 0 aliphatic heterocycles. The second-order valence-corrected chi connectivity index (χ2v) is 8.34. The smallest absolute Gasteiger partial charge is 0.273 e. The lowest BCUT2D eigenvalue weighted by molar-refractivity contribution is -0.114. The van der Waals surface area contributed by atoms with Crippen molar-refractivity contribution in [1.29, 1.82) is 0 Å². The van der Waals surface area contributed by atoms with E-state index in [-0.39, 0.29) is 11.7 Å². The maximum atomic E-state index is 13.6. The summed E-state index contributed by atoms with van der Waals surface area (Å²) in [6.07, 6.45) is 4.77. The number of benzene rings is 2. The number of fused-ring (bicyclic) bond motifs is 1. The molecule has 0 bridgehead atoms. The lowest BCUT2D eigenvalue weighted by Crippen LogP contribution is -2.23. The lowest BCUT2D eigenvalue weighted by Gasteiger charge is -2.11. The quantitative estimate of drug-likeness (QED) is 0.197. The number of carbonyl (C=O) groups excluding carboxylic acids is 1. The van der Waals surface area contributed by atoms with E-state index in [0.29, 0.717) is 22.0 Å². The second-order valence-electron chi connectivity index (χ2n) is 6.35. The average Bonchev–Trinajstić information content (AvgIpc) is 3.43. The number of thiophene rings is 1. The number of carbonyl (C=O) groups is 1. The molecule has 5 nitrogen and oxygen atoms in total. The summed E-state index contributed by atoms with van der Waals surface area (Å²) in [6.45, 7) is 2.51. The van der Waals surface area contributed by atoms with Gasteiger partial charge in [-0.2, -0.15) is 10.1 Å². The van der Waals surface area contributed by atoms with Crippen molar-refractivity contribution in [2.75, 3.05) is 11.6 Å². The van der Waals surface area contributed by atoms with Gasteiger partial charge in [0.15, 0.2) is 0 Å². The fourth-order valence-corrected chi connectivity index (χ4v) is 4.30. The standard InChI is InChI=1S/C23H18FN3O2S2/c1-2-29-18-8-5-16(6-9-18)15-25-27(22(28)12-10-19-4-3-13-30-19)23-26-20-11-7-17(24)14-21(20)31-23/h3-15H,2H2,1H3/b12-10+,25-15+. The van der Waals surface area contributed by atoms with E-state index in [1.807, 2.05) is 48.7 Å². The molecule has 0 spiro atoms. The highest BCUT2D eigenvalue weighted by Gasteiger charge is 2.17. The van der Waals surface area contributed by atoms with Crippen LogP contribution >= 0.6 is 22.7 Å². The summed E-state index contributed by atoms with van der Waals surface area (Å²) in [6, 6.07) is 15.6. The van der Waals surface area contributed by atoms with Gasteiger partial charge < -0.3 is 4.74 Å². The fraction of sp³-hybridized carbons (Fsp3) is 0.0870. The van der Waals surface area contributed by atoms with Crippen molar-refractivity contribution in [2.24, 2.45) is 5.10 Å². The minimum absolute atomic E-state index is 0.351. The normalized spacial score (nSPS) is 11.5. The Hall–Kier alpha value is -3.36. The lowest BCUT2D eigenvalue weighted by atomic mass is 10.2. The van der Waals surface area contributed by atoms with Crippen LogP contribution in [0.15, 0.2) is 71.2 Å². The van der Waals surface area contributed by atoms with Gasteiger partial charge in [0.05, 0.1) is 23.0 Å². The summed E-state index contributed by atoms with van der Waals surface area (Å²) >= 11 is 2.74. The van der Waals surface area contributed by atoms with Gasteiger partial charge in [-0.05, 0) is 72.5 Å². The van der Waals surface area contributed by atoms with Crippen LogP contribution < -0.4 is 9.75 Å². The Morgan fingerprint density at radius 3 is 2.81 bits per heavy atom. The number of halogens is 1. The zero-order valence-corrected chi connectivity index (χ0v) is 18.2. The fourth-order valence-electron chi connectivity index (χ4n) is 2.73. The Labute approximate surface area is 186 Å². The summed E-state index contributed by atoms with van der Waals surface area (Å²) in [5, 5.41) is 7.91. The van der Waals surface area contributed by atoms with Crippen LogP contribution in [-0.2, 0) is 4.79 Å². The summed E-state index contributed by atoms with van der Waals surface area (Å²) < 4.78 is 19.7. The third-order valence-electron chi connectivity index (χ3n) is 4.18. The Balaban J connectivity index is 1.64. The van der Waals surface area contributed by atoms with Gasteiger partial charge in [0.25, 0.3) is 5.91 Å². The molecule has 31 heavy (non-hydrogen) atoms. The Morgan fingerprint density at radius 2 is 2.06 bits per heavy atom. The number of hydrazone groups is 1. The SMILES string of the molecule is CCOc1ccc(/C=N/N(C(=O)/C=C/c2cccs2)c2nc3ccc(F)cc3s2)cc1. The summed E-state index contributed by atoms with van der Waals surface area (Å²) in [7, 11) is 0. The van der Waals surface area contributed by atoms with Crippen LogP contribution in [0.5, 0.6) is 5.75 Å². The molecule has 4 rings (SSSR count). The first-order valence-corrected chi connectivity index (χ1v) is 11.2. The number of thiazole rings is 1. The maximum Gasteiger partial charge on any atom is 0.273 e. The molecular weight excluding hydrogens is 433 g/mol. The Morgan fingerprint density at radius 1 is 1.23 bits per heavy atom. The zero-order chi connectivity index (χ0) is 21.6. The van der Waals surface area contributed by atoms with E-state index in [0.717, 1.165) is 16.2 Å². The van der Waals surface area contributed by atoms with E-state index in [9.17, 15) is 9.18 Å². The molecule has 1 amide bonds. The highest BCUT2D eigenvalue weighted by atomic mass is 32.1. The molecule has 0 N–H and O–H groups in total. The van der Waals surface area contributed by atoms with Crippen LogP contribution in [0, 0.1) is 5.82 Å². The molecule has 2 heterocycles. The number of anilines is 1. The van der Waals surface area contributed by atoms with Gasteiger partial charge in [-0.25, -0.2) is 9.37 Å². The highest BCUT2D eigenvalue weighted by molar-refractivity contribution is 7.22. The number of nitrogens with zero attached hydrogens (tertiary/aromatic N) is 3. The molecule has 0 saturated carbocycles. The first-order valence-electron chi connectivity index (χ1n) is 9.51. The van der Waals surface area contributed by atoms with E-state index < -0.39 is 0 Å². The topological polar surface area (TPSA) is 54.8 Å². The Kier molecular flexibility index (Phi) is 6.49. The zero-order valence-electron chi connectivity index (χ0n) is 16.6. The van der Waals surface area contributed by atoms with Crippen LogP contribution in [0.25, 0.3) is 16.3 Å². The van der Waals surface area contributed by atoms with Crippen LogP contribution in [-0.4, -0.2) is 23.7 Å².